The standard InChI is InChI=1S/C20H22FN3O/c21-17-6-4-5-16(15-17)11-12-22-20(25)23-18-7-9-19(10-8-18)24-13-2-1-3-14-24/h4-12,15H,1-3,13-14H2,(H2,22,23,25)/b12-11+. The molecule has 1 heterocycles. The summed E-state index contributed by atoms with van der Waals surface area (Å²) in [6.07, 6.45) is 6.91. The molecule has 0 aliphatic carbocycles. The second-order valence-corrected chi connectivity index (χ2v) is 6.08. The molecule has 0 saturated carbocycles. The van der Waals surface area contributed by atoms with Gasteiger partial charge in [-0.25, -0.2) is 9.18 Å². The number of carbonyl (C=O) groups excluding carboxylic acids is 1. The Morgan fingerprint density at radius 3 is 2.52 bits per heavy atom. The molecular weight excluding hydrogens is 317 g/mol. The number of amides is 2. The highest BCUT2D eigenvalue weighted by Gasteiger charge is 2.10. The number of anilines is 2. The zero-order valence-corrected chi connectivity index (χ0v) is 14.0. The quantitative estimate of drug-likeness (QED) is 0.854. The minimum absolute atomic E-state index is 0.305. The fourth-order valence-corrected chi connectivity index (χ4v) is 2.90. The molecule has 25 heavy (non-hydrogen) atoms. The highest BCUT2D eigenvalue weighted by atomic mass is 19.1. The van der Waals surface area contributed by atoms with Crippen molar-refractivity contribution < 1.29 is 9.18 Å². The van der Waals surface area contributed by atoms with Crippen LogP contribution in [0.3, 0.4) is 0 Å². The minimum atomic E-state index is -0.335. The Balaban J connectivity index is 1.50. The highest BCUT2D eigenvalue weighted by molar-refractivity contribution is 5.90. The Morgan fingerprint density at radius 1 is 1.04 bits per heavy atom. The van der Waals surface area contributed by atoms with E-state index in [4.69, 9.17) is 0 Å². The van der Waals surface area contributed by atoms with Gasteiger partial charge in [0.25, 0.3) is 0 Å². The summed E-state index contributed by atoms with van der Waals surface area (Å²) in [7, 11) is 0. The first-order chi connectivity index (χ1) is 12.2. The molecule has 130 valence electrons. The van der Waals surface area contributed by atoms with Crippen molar-refractivity contribution in [1.82, 2.24) is 5.32 Å². The van der Waals surface area contributed by atoms with Crippen LogP contribution in [0.1, 0.15) is 24.8 Å². The molecule has 0 bridgehead atoms. The van der Waals surface area contributed by atoms with Crippen LogP contribution in [0.25, 0.3) is 6.08 Å². The number of nitrogens with zero attached hydrogens (tertiary/aromatic N) is 1. The van der Waals surface area contributed by atoms with E-state index < -0.39 is 0 Å². The second-order valence-electron chi connectivity index (χ2n) is 6.08. The maximum absolute atomic E-state index is 13.1. The molecule has 2 aromatic rings. The smallest absolute Gasteiger partial charge is 0.323 e. The van der Waals surface area contributed by atoms with Crippen molar-refractivity contribution in [2.24, 2.45) is 0 Å². The summed E-state index contributed by atoms with van der Waals surface area (Å²) in [5.74, 6) is -0.305. The topological polar surface area (TPSA) is 44.4 Å². The molecule has 0 spiro atoms. The molecule has 0 aromatic heterocycles. The molecule has 1 aliphatic heterocycles. The lowest BCUT2D eigenvalue weighted by molar-refractivity contribution is 0.255. The van der Waals surface area contributed by atoms with Crippen LogP contribution in [0.5, 0.6) is 0 Å². The van der Waals surface area contributed by atoms with E-state index in [0.717, 1.165) is 18.8 Å². The van der Waals surface area contributed by atoms with E-state index >= 15 is 0 Å². The SMILES string of the molecule is O=C(N/C=C/c1cccc(F)c1)Nc1ccc(N2CCCCC2)cc1. The van der Waals surface area contributed by atoms with Crippen LogP contribution in [0, 0.1) is 5.82 Å². The lowest BCUT2D eigenvalue weighted by Gasteiger charge is -2.28. The molecule has 2 amide bonds. The van der Waals surface area contributed by atoms with Gasteiger partial charge in [-0.15, -0.1) is 0 Å². The number of hydrogen-bond donors (Lipinski definition) is 2. The second kappa shape index (κ2) is 8.33. The number of nitrogens with one attached hydrogen (secondary N) is 2. The number of rotatable bonds is 4. The summed E-state index contributed by atoms with van der Waals surface area (Å²) >= 11 is 0. The lowest BCUT2D eigenvalue weighted by Crippen LogP contribution is -2.29. The van der Waals surface area contributed by atoms with E-state index in [0.29, 0.717) is 5.56 Å². The van der Waals surface area contributed by atoms with Crippen molar-refractivity contribution in [2.45, 2.75) is 19.3 Å². The highest BCUT2D eigenvalue weighted by Crippen LogP contribution is 2.21. The van der Waals surface area contributed by atoms with E-state index in [1.54, 1.807) is 18.2 Å². The molecule has 1 saturated heterocycles. The third-order valence-electron chi connectivity index (χ3n) is 4.19. The van der Waals surface area contributed by atoms with Crippen LogP contribution >= 0.6 is 0 Å². The molecule has 1 fully saturated rings. The van der Waals surface area contributed by atoms with E-state index in [-0.39, 0.29) is 11.8 Å². The molecule has 4 nitrogen and oxygen atoms in total. The van der Waals surface area contributed by atoms with E-state index in [1.165, 1.54) is 43.3 Å². The van der Waals surface area contributed by atoms with Crippen molar-refractivity contribution in [2.75, 3.05) is 23.3 Å². The van der Waals surface area contributed by atoms with E-state index in [2.05, 4.69) is 15.5 Å². The van der Waals surface area contributed by atoms with Crippen molar-refractivity contribution in [3.63, 3.8) is 0 Å². The number of halogens is 1. The Labute approximate surface area is 147 Å². The van der Waals surface area contributed by atoms with Gasteiger partial charge in [-0.05, 0) is 67.3 Å². The van der Waals surface area contributed by atoms with Crippen LogP contribution in [-0.4, -0.2) is 19.1 Å². The number of hydrogen-bond acceptors (Lipinski definition) is 2. The molecule has 2 aromatic carbocycles. The van der Waals surface area contributed by atoms with Gasteiger partial charge in [0.15, 0.2) is 0 Å². The summed E-state index contributed by atoms with van der Waals surface area (Å²) in [6.45, 7) is 2.19. The molecule has 5 heteroatoms. The van der Waals surface area contributed by atoms with Crippen molar-refractivity contribution in [3.05, 3.63) is 66.1 Å². The van der Waals surface area contributed by atoms with Gasteiger partial charge in [-0.2, -0.15) is 0 Å². The van der Waals surface area contributed by atoms with Gasteiger partial charge in [0.2, 0.25) is 0 Å². The number of carbonyl (C=O) groups is 1. The van der Waals surface area contributed by atoms with Gasteiger partial charge in [-0.3, -0.25) is 0 Å². The van der Waals surface area contributed by atoms with Crippen molar-refractivity contribution in [1.29, 1.82) is 0 Å². The number of urea groups is 1. The van der Waals surface area contributed by atoms with Gasteiger partial charge in [0.1, 0.15) is 5.82 Å². The minimum Gasteiger partial charge on any atom is -0.372 e. The van der Waals surface area contributed by atoms with Crippen molar-refractivity contribution >= 4 is 23.5 Å². The largest absolute Gasteiger partial charge is 0.372 e. The molecular formula is C20H22FN3O. The lowest BCUT2D eigenvalue weighted by atomic mass is 10.1. The van der Waals surface area contributed by atoms with Crippen LogP contribution in [0.15, 0.2) is 54.7 Å². The monoisotopic (exact) mass is 339 g/mol. The predicted octanol–water partition coefficient (Wildman–Crippen LogP) is 4.61. The summed E-state index contributed by atoms with van der Waals surface area (Å²) < 4.78 is 13.1. The molecule has 0 unspecified atom stereocenters. The number of benzene rings is 2. The maximum atomic E-state index is 13.1. The van der Waals surface area contributed by atoms with E-state index in [1.807, 2.05) is 24.3 Å². The zero-order valence-electron chi connectivity index (χ0n) is 14.0. The third kappa shape index (κ3) is 5.08. The number of piperidine rings is 1. The van der Waals surface area contributed by atoms with E-state index in [9.17, 15) is 9.18 Å². The van der Waals surface area contributed by atoms with Gasteiger partial charge < -0.3 is 15.5 Å². The molecule has 2 N–H and O–H groups in total. The summed E-state index contributed by atoms with van der Waals surface area (Å²) in [5.41, 5.74) is 2.61. The van der Waals surface area contributed by atoms with Crippen LogP contribution in [0.2, 0.25) is 0 Å². The van der Waals surface area contributed by atoms with Crippen LogP contribution in [-0.2, 0) is 0 Å². The molecule has 1 aliphatic rings. The van der Waals surface area contributed by atoms with Gasteiger partial charge in [0, 0.05) is 30.7 Å². The summed E-state index contributed by atoms with van der Waals surface area (Å²) in [4.78, 5) is 14.3. The van der Waals surface area contributed by atoms with Gasteiger partial charge >= 0.3 is 6.03 Å². The Morgan fingerprint density at radius 2 is 1.80 bits per heavy atom. The first-order valence-electron chi connectivity index (χ1n) is 8.55. The fraction of sp³-hybridized carbons (Fsp3) is 0.250. The maximum Gasteiger partial charge on any atom is 0.323 e. The van der Waals surface area contributed by atoms with Gasteiger partial charge in [-0.1, -0.05) is 12.1 Å². The first-order valence-corrected chi connectivity index (χ1v) is 8.55. The Kier molecular flexibility index (Phi) is 5.67. The predicted molar refractivity (Wildman–Crippen MR) is 100 cm³/mol. The average molecular weight is 339 g/mol. The molecule has 0 radical (unpaired) electrons. The fourth-order valence-electron chi connectivity index (χ4n) is 2.90. The van der Waals surface area contributed by atoms with Gasteiger partial charge in [0.05, 0.1) is 0 Å². The summed E-state index contributed by atoms with van der Waals surface area (Å²) in [5, 5.41) is 5.39. The molecule has 3 rings (SSSR count). The first kappa shape index (κ1) is 17.0. The average Bonchev–Trinajstić information content (AvgIpc) is 2.63. The van der Waals surface area contributed by atoms with Crippen molar-refractivity contribution in [3.8, 4) is 0 Å². The summed E-state index contributed by atoms with van der Waals surface area (Å²) in [6, 6.07) is 13.7. The third-order valence-corrected chi connectivity index (χ3v) is 4.19. The van der Waals surface area contributed by atoms with Crippen LogP contribution < -0.4 is 15.5 Å². The zero-order chi connectivity index (χ0) is 17.5. The molecule has 0 atom stereocenters. The Bertz CT molecular complexity index is 737. The van der Waals surface area contributed by atoms with Crippen LogP contribution in [0.4, 0.5) is 20.6 Å². The normalized spacial score (nSPS) is 14.5. The Hall–Kier alpha value is -2.82.